The van der Waals surface area contributed by atoms with E-state index in [0.29, 0.717) is 39.3 Å². The van der Waals surface area contributed by atoms with E-state index in [1.807, 2.05) is 96.1 Å². The Morgan fingerprint density at radius 1 is 0.439 bits per heavy atom. The quantitative estimate of drug-likeness (QED) is 0.0587. The minimum absolute atomic E-state index is 0. The standard InChI is InChI=1S/3C12H21N3O2S.2H2O4S.2H2O/c3*1-4-15(8-7-14-18(3,16)17)11-5-6-12(13)10(2)9-11;2*1-5(2,3)4;;/h3*5-6,9,14H,4,7-8,13H2,1-3H3;2*(H2,1,2,3,4);2*1H2. The summed E-state index contributed by atoms with van der Waals surface area (Å²) in [5.74, 6) is 0. The molecule has 0 aliphatic rings. The molecule has 0 fully saturated rings. The predicted molar refractivity (Wildman–Crippen MR) is 265 cm³/mol. The van der Waals surface area contributed by atoms with Gasteiger partial charge in [0.1, 0.15) is 0 Å². The molecule has 30 heteroatoms. The van der Waals surface area contributed by atoms with E-state index in [9.17, 15) is 25.3 Å². The zero-order valence-corrected chi connectivity index (χ0v) is 42.6. The van der Waals surface area contributed by atoms with E-state index in [4.69, 9.17) is 52.2 Å². The van der Waals surface area contributed by atoms with Crippen LogP contribution in [0, 0.1) is 20.8 Å². The highest BCUT2D eigenvalue weighted by molar-refractivity contribution is 7.89. The molecule has 66 heavy (non-hydrogen) atoms. The number of nitrogens with one attached hydrogen (secondary N) is 3. The number of nitrogens with zero attached hydrogens (tertiary/aromatic N) is 3. The van der Waals surface area contributed by atoms with Crippen LogP contribution < -0.4 is 46.1 Å². The number of aryl methyl sites for hydroxylation is 3. The van der Waals surface area contributed by atoms with Crippen molar-refractivity contribution < 1.29 is 71.3 Å². The van der Waals surface area contributed by atoms with E-state index in [2.05, 4.69) is 28.9 Å². The van der Waals surface area contributed by atoms with Crippen LogP contribution in [-0.2, 0) is 50.9 Å². The summed E-state index contributed by atoms with van der Waals surface area (Å²) in [5, 5.41) is 0. The van der Waals surface area contributed by atoms with Crippen LogP contribution in [0.15, 0.2) is 54.6 Å². The summed E-state index contributed by atoms with van der Waals surface area (Å²) >= 11 is 0. The third-order valence-corrected chi connectivity index (χ3v) is 10.4. The number of likely N-dealkylation sites (N-methyl/N-ethyl adjacent to an activating group) is 3. The van der Waals surface area contributed by atoms with Crippen LogP contribution in [0.4, 0.5) is 34.1 Å². The van der Waals surface area contributed by atoms with Crippen molar-refractivity contribution in [2.75, 3.05) is 110 Å². The fourth-order valence-electron chi connectivity index (χ4n) is 5.08. The van der Waals surface area contributed by atoms with Gasteiger partial charge in [0.25, 0.3) is 0 Å². The first kappa shape index (κ1) is 68.4. The highest BCUT2D eigenvalue weighted by Crippen LogP contribution is 2.22. The molecule has 3 aromatic carbocycles. The van der Waals surface area contributed by atoms with Crippen molar-refractivity contribution >= 4 is 85.0 Å². The topological polar surface area (TPSA) is 438 Å². The van der Waals surface area contributed by atoms with Gasteiger partial charge in [-0.3, -0.25) is 18.2 Å². The molecule has 0 aliphatic carbocycles. The first-order valence-corrected chi connectivity index (χ1v) is 27.5. The molecule has 25 nitrogen and oxygen atoms in total. The van der Waals surface area contributed by atoms with E-state index >= 15 is 0 Å². The van der Waals surface area contributed by atoms with Crippen LogP contribution in [0.1, 0.15) is 37.5 Å². The number of nitrogen functional groups attached to an aromatic ring is 3. The number of hydrogen-bond donors (Lipinski definition) is 10. The molecular weight excluding hydrogens is 975 g/mol. The van der Waals surface area contributed by atoms with Crippen molar-refractivity contribution in [3.63, 3.8) is 0 Å². The van der Waals surface area contributed by atoms with Crippen LogP contribution in [0.5, 0.6) is 0 Å². The van der Waals surface area contributed by atoms with Gasteiger partial charge in [-0.25, -0.2) is 39.4 Å². The lowest BCUT2D eigenvalue weighted by atomic mass is 10.1. The number of nitrogens with two attached hydrogens (primary N) is 3. The Bertz CT molecular complexity index is 2180. The highest BCUT2D eigenvalue weighted by atomic mass is 32.3. The zero-order valence-electron chi connectivity index (χ0n) is 38.5. The molecule has 0 bridgehead atoms. The fourth-order valence-corrected chi connectivity index (χ4v) is 6.46. The first-order valence-electron chi connectivity index (χ1n) is 19.1. The van der Waals surface area contributed by atoms with Crippen molar-refractivity contribution in [3.8, 4) is 0 Å². The lowest BCUT2D eigenvalue weighted by Crippen LogP contribution is -2.34. The number of rotatable bonds is 18. The van der Waals surface area contributed by atoms with Gasteiger partial charge >= 0.3 is 20.8 Å². The molecule has 0 atom stereocenters. The maximum Gasteiger partial charge on any atom is 0.394 e. The fraction of sp³-hybridized carbons (Fsp3) is 0.500. The van der Waals surface area contributed by atoms with E-state index in [-0.39, 0.29) is 11.0 Å². The monoisotopic (exact) mass is 1050 g/mol. The number of sulfonamides is 3. The maximum absolute atomic E-state index is 11.0. The predicted octanol–water partition coefficient (Wildman–Crippen LogP) is -0.0968. The van der Waals surface area contributed by atoms with E-state index < -0.39 is 50.9 Å². The van der Waals surface area contributed by atoms with Gasteiger partial charge in [0, 0.05) is 93.0 Å². The number of hydrogen-bond acceptors (Lipinski definition) is 16. The molecule has 0 saturated heterocycles. The number of benzene rings is 3. The zero-order chi connectivity index (χ0) is 50.3. The molecule has 0 heterocycles. The van der Waals surface area contributed by atoms with Crippen molar-refractivity contribution in [2.45, 2.75) is 41.5 Å². The van der Waals surface area contributed by atoms with E-state index in [1.165, 1.54) is 0 Å². The molecule has 0 spiro atoms. The van der Waals surface area contributed by atoms with Gasteiger partial charge in [0.15, 0.2) is 0 Å². The molecule has 3 aromatic rings. The lowest BCUT2D eigenvalue weighted by Gasteiger charge is -2.23. The van der Waals surface area contributed by atoms with Gasteiger partial charge in [0.05, 0.1) is 18.8 Å². The second-order valence-electron chi connectivity index (χ2n) is 13.8. The smallest absolute Gasteiger partial charge is 0.394 e. The Morgan fingerprint density at radius 3 is 0.758 bits per heavy atom. The largest absolute Gasteiger partial charge is 0.412 e. The molecule has 17 N–H and O–H groups in total. The van der Waals surface area contributed by atoms with Crippen LogP contribution in [0.2, 0.25) is 0 Å². The third kappa shape index (κ3) is 38.0. The Kier molecular flexibility index (Phi) is 32.9. The highest BCUT2D eigenvalue weighted by Gasteiger charge is 2.10. The first-order chi connectivity index (χ1) is 29.0. The van der Waals surface area contributed by atoms with Crippen LogP contribution in [-0.4, -0.2) is 149 Å². The summed E-state index contributed by atoms with van der Waals surface area (Å²) in [6.07, 6.45) is 3.49. The van der Waals surface area contributed by atoms with E-state index in [1.54, 1.807) is 0 Å². The molecule has 0 saturated carbocycles. The van der Waals surface area contributed by atoms with Crippen LogP contribution >= 0.6 is 0 Å². The Labute approximate surface area is 391 Å². The minimum Gasteiger partial charge on any atom is -0.412 e. The Hall–Kier alpha value is -4.15. The van der Waals surface area contributed by atoms with Gasteiger partial charge in [-0.2, -0.15) is 16.8 Å². The Balaban J connectivity index is -0.000000389. The summed E-state index contributed by atoms with van der Waals surface area (Å²) in [7, 11) is -18.7. The molecular formula is C36H71N9O16S5. The average Bonchev–Trinajstić information content (AvgIpc) is 3.12. The minimum atomic E-state index is -4.67. The number of anilines is 6. The van der Waals surface area contributed by atoms with Crippen molar-refractivity contribution in [2.24, 2.45) is 0 Å². The second-order valence-corrected chi connectivity index (χ2v) is 21.0. The summed E-state index contributed by atoms with van der Waals surface area (Å²) in [6.45, 7) is 17.5. The van der Waals surface area contributed by atoms with Crippen molar-refractivity contribution in [1.82, 2.24) is 14.2 Å². The van der Waals surface area contributed by atoms with Gasteiger partial charge in [-0.1, -0.05) is 0 Å². The lowest BCUT2D eigenvalue weighted by molar-refractivity contribution is 0.378. The average molecular weight is 1050 g/mol. The van der Waals surface area contributed by atoms with E-state index in [0.717, 1.165) is 89.2 Å². The SMILES string of the molecule is CCN(CCNS(C)(=O)=O)c1ccc(N)c(C)c1.CCN(CCNS(C)(=O)=O)c1ccc(N)c(C)c1.CCN(CCNS(C)(=O)=O)c1ccc(N)c(C)c1.O.O.O=S(=O)(O)O.O=S(=O)(O)O. The van der Waals surface area contributed by atoms with Crippen molar-refractivity contribution in [3.05, 3.63) is 71.3 Å². The summed E-state index contributed by atoms with van der Waals surface area (Å²) in [4.78, 5) is 6.31. The third-order valence-electron chi connectivity index (χ3n) is 8.24. The molecule has 0 unspecified atom stereocenters. The molecule has 0 radical (unpaired) electrons. The molecule has 386 valence electrons. The van der Waals surface area contributed by atoms with Gasteiger partial charge < -0.3 is 42.9 Å². The molecule has 0 aromatic heterocycles. The summed E-state index contributed by atoms with van der Waals surface area (Å²) < 4.78 is 137. The summed E-state index contributed by atoms with van der Waals surface area (Å²) in [5.41, 5.74) is 25.9. The van der Waals surface area contributed by atoms with Crippen molar-refractivity contribution in [1.29, 1.82) is 0 Å². The van der Waals surface area contributed by atoms with Gasteiger partial charge in [-0.15, -0.1) is 0 Å². The van der Waals surface area contributed by atoms with Gasteiger partial charge in [-0.05, 0) is 113 Å². The molecule has 3 rings (SSSR count). The normalized spacial score (nSPS) is 11.2. The van der Waals surface area contributed by atoms with Gasteiger partial charge in [0.2, 0.25) is 30.1 Å². The molecule has 0 aliphatic heterocycles. The maximum atomic E-state index is 11.0. The van der Waals surface area contributed by atoms with Crippen LogP contribution in [0.3, 0.4) is 0 Å². The van der Waals surface area contributed by atoms with Crippen LogP contribution in [0.25, 0.3) is 0 Å². The molecule has 0 amide bonds. The second kappa shape index (κ2) is 31.8. The summed E-state index contributed by atoms with van der Waals surface area (Å²) in [6, 6.07) is 17.5. The Morgan fingerprint density at radius 2 is 0.621 bits per heavy atom.